The van der Waals surface area contributed by atoms with Gasteiger partial charge in [-0.2, -0.15) is 5.10 Å². The summed E-state index contributed by atoms with van der Waals surface area (Å²) < 4.78 is 0. The highest BCUT2D eigenvalue weighted by atomic mass is 16.2. The molecule has 154 valence electrons. The molecule has 2 amide bonds. The fourth-order valence-electron chi connectivity index (χ4n) is 4.80. The Balaban J connectivity index is 1.31. The predicted molar refractivity (Wildman–Crippen MR) is 111 cm³/mol. The first-order valence-corrected chi connectivity index (χ1v) is 10.8. The number of nitrogens with zero attached hydrogens (tertiary/aromatic N) is 3. The topological polar surface area (TPSA) is 69.3 Å². The molecule has 0 radical (unpaired) electrons. The minimum absolute atomic E-state index is 0.0201. The molecule has 1 N–H and O–H groups in total. The van der Waals surface area contributed by atoms with Gasteiger partial charge in [0.15, 0.2) is 0 Å². The lowest BCUT2D eigenvalue weighted by atomic mass is 9.83. The summed E-state index contributed by atoms with van der Waals surface area (Å²) in [7, 11) is 0. The maximum Gasteiger partial charge on any atom is 0.274 e. The van der Waals surface area contributed by atoms with Gasteiger partial charge in [0, 0.05) is 37.8 Å². The number of H-pyrrole nitrogens is 1. The minimum atomic E-state index is 0.0201. The van der Waals surface area contributed by atoms with Gasteiger partial charge < -0.3 is 9.80 Å². The van der Waals surface area contributed by atoms with E-state index in [4.69, 9.17) is 0 Å². The van der Waals surface area contributed by atoms with Crippen molar-refractivity contribution in [2.45, 2.75) is 51.5 Å². The fraction of sp³-hybridized carbons (Fsp3) is 0.522. The lowest BCUT2D eigenvalue weighted by Gasteiger charge is -2.47. The van der Waals surface area contributed by atoms with Gasteiger partial charge in [-0.3, -0.25) is 14.7 Å². The third-order valence-corrected chi connectivity index (χ3v) is 6.31. The van der Waals surface area contributed by atoms with Crippen LogP contribution < -0.4 is 0 Å². The molecule has 0 spiro atoms. The first-order chi connectivity index (χ1) is 14.1. The van der Waals surface area contributed by atoms with E-state index < -0.39 is 0 Å². The number of hydrogen-bond donors (Lipinski definition) is 1. The average Bonchev–Trinajstić information content (AvgIpc) is 3.19. The number of nitrogens with one attached hydrogen (secondary N) is 1. The molecule has 1 aromatic heterocycles. The third-order valence-electron chi connectivity index (χ3n) is 6.31. The number of rotatable bonds is 5. The molecule has 0 aliphatic carbocycles. The molecular formula is C23H30N4O2. The second-order valence-electron chi connectivity index (χ2n) is 8.37. The summed E-state index contributed by atoms with van der Waals surface area (Å²) in [4.78, 5) is 29.7. The number of aromatic nitrogens is 2. The van der Waals surface area contributed by atoms with Crippen LogP contribution in [0.5, 0.6) is 0 Å². The van der Waals surface area contributed by atoms with E-state index in [9.17, 15) is 9.59 Å². The van der Waals surface area contributed by atoms with E-state index in [1.54, 1.807) is 0 Å². The van der Waals surface area contributed by atoms with Crippen LogP contribution in [-0.2, 0) is 11.2 Å². The summed E-state index contributed by atoms with van der Waals surface area (Å²) in [5.74, 6) is 0.650. The van der Waals surface area contributed by atoms with Crippen LogP contribution in [-0.4, -0.2) is 57.5 Å². The van der Waals surface area contributed by atoms with Crippen molar-refractivity contribution in [3.8, 4) is 0 Å². The zero-order chi connectivity index (χ0) is 20.2. The second kappa shape index (κ2) is 8.80. The largest absolute Gasteiger partial charge is 0.342 e. The summed E-state index contributed by atoms with van der Waals surface area (Å²) in [5, 5.41) is 7.01. The molecule has 0 saturated carbocycles. The average molecular weight is 395 g/mol. The Morgan fingerprint density at radius 2 is 2.00 bits per heavy atom. The van der Waals surface area contributed by atoms with Crippen LogP contribution in [0.25, 0.3) is 0 Å². The molecule has 2 aliphatic rings. The fourth-order valence-corrected chi connectivity index (χ4v) is 4.80. The van der Waals surface area contributed by atoms with Crippen LogP contribution in [0, 0.1) is 12.8 Å². The number of fused-ring (bicyclic) bond motifs is 1. The molecule has 6 heteroatoms. The van der Waals surface area contributed by atoms with Crippen molar-refractivity contribution in [3.63, 3.8) is 0 Å². The normalized spacial score (nSPS) is 21.7. The number of aromatic amines is 1. The molecule has 4 rings (SSSR count). The predicted octanol–water partition coefficient (Wildman–Crippen LogP) is 3.19. The first kappa shape index (κ1) is 19.7. The van der Waals surface area contributed by atoms with Crippen molar-refractivity contribution in [1.29, 1.82) is 0 Å². The molecule has 1 aromatic carbocycles. The maximum atomic E-state index is 12.9. The summed E-state index contributed by atoms with van der Waals surface area (Å²) >= 11 is 0. The Bertz CT molecular complexity index is 848. The molecule has 2 saturated heterocycles. The van der Waals surface area contributed by atoms with Crippen LogP contribution in [0.4, 0.5) is 0 Å². The number of likely N-dealkylation sites (tertiary alicyclic amines) is 2. The van der Waals surface area contributed by atoms with Gasteiger partial charge in [-0.05, 0) is 56.6 Å². The van der Waals surface area contributed by atoms with Gasteiger partial charge in [-0.15, -0.1) is 0 Å². The number of piperidine rings is 2. The molecule has 0 bridgehead atoms. The van der Waals surface area contributed by atoms with Crippen molar-refractivity contribution in [3.05, 3.63) is 53.3 Å². The number of carbonyl (C=O) groups is 2. The van der Waals surface area contributed by atoms with E-state index in [1.165, 1.54) is 5.56 Å². The minimum Gasteiger partial charge on any atom is -0.342 e. The second-order valence-corrected chi connectivity index (χ2v) is 8.37. The Morgan fingerprint density at radius 3 is 2.76 bits per heavy atom. The molecule has 2 atom stereocenters. The van der Waals surface area contributed by atoms with Crippen LogP contribution >= 0.6 is 0 Å². The highest BCUT2D eigenvalue weighted by Gasteiger charge is 2.39. The van der Waals surface area contributed by atoms with Crippen LogP contribution in [0.3, 0.4) is 0 Å². The molecule has 2 aromatic rings. The SMILES string of the molecule is Cc1cc(C(=O)N2CCC[C@@H]3CN(C(=O)CCCc4ccccc4)CC[C@@H]32)n[nH]1. The van der Waals surface area contributed by atoms with Crippen LogP contribution in [0.2, 0.25) is 0 Å². The van der Waals surface area contributed by atoms with Gasteiger partial charge in [0.2, 0.25) is 5.91 Å². The molecule has 3 heterocycles. The Labute approximate surface area is 172 Å². The molecule has 2 aliphatic heterocycles. The monoisotopic (exact) mass is 394 g/mol. The highest BCUT2D eigenvalue weighted by molar-refractivity contribution is 5.92. The lowest BCUT2D eigenvalue weighted by molar-refractivity contribution is -0.134. The van der Waals surface area contributed by atoms with Crippen molar-refractivity contribution in [1.82, 2.24) is 20.0 Å². The van der Waals surface area contributed by atoms with E-state index in [-0.39, 0.29) is 17.9 Å². The Hall–Kier alpha value is -2.63. The number of aryl methyl sites for hydroxylation is 2. The zero-order valence-corrected chi connectivity index (χ0v) is 17.1. The highest BCUT2D eigenvalue weighted by Crippen LogP contribution is 2.32. The third kappa shape index (κ3) is 4.52. The summed E-state index contributed by atoms with van der Waals surface area (Å²) in [6.07, 6.45) is 5.37. The van der Waals surface area contributed by atoms with Crippen molar-refractivity contribution >= 4 is 11.8 Å². The molecule has 2 fully saturated rings. The van der Waals surface area contributed by atoms with E-state index in [0.717, 1.165) is 57.4 Å². The zero-order valence-electron chi connectivity index (χ0n) is 17.1. The van der Waals surface area contributed by atoms with Gasteiger partial charge in [-0.25, -0.2) is 0 Å². The summed E-state index contributed by atoms with van der Waals surface area (Å²) in [6, 6.07) is 12.4. The van der Waals surface area contributed by atoms with Gasteiger partial charge in [0.05, 0.1) is 0 Å². The summed E-state index contributed by atoms with van der Waals surface area (Å²) in [5.41, 5.74) is 2.69. The molecular weight excluding hydrogens is 364 g/mol. The maximum absolute atomic E-state index is 12.9. The van der Waals surface area contributed by atoms with E-state index in [0.29, 0.717) is 18.0 Å². The Morgan fingerprint density at radius 1 is 1.17 bits per heavy atom. The molecule has 6 nitrogen and oxygen atoms in total. The van der Waals surface area contributed by atoms with Crippen molar-refractivity contribution < 1.29 is 9.59 Å². The summed E-state index contributed by atoms with van der Waals surface area (Å²) in [6.45, 7) is 4.22. The number of hydrogen-bond acceptors (Lipinski definition) is 3. The standard InChI is InChI=1S/C23H30N4O2/c1-17-15-20(25-24-17)23(29)27-13-6-10-19-16-26(14-12-21(19)27)22(28)11-5-9-18-7-3-2-4-8-18/h2-4,7-8,15,19,21H,5-6,9-14,16H2,1H3,(H,24,25)/t19-,21+/m1/s1. The number of amides is 2. The van der Waals surface area contributed by atoms with Crippen LogP contribution in [0.15, 0.2) is 36.4 Å². The lowest BCUT2D eigenvalue weighted by Crippen LogP contribution is -2.56. The quantitative estimate of drug-likeness (QED) is 0.847. The van der Waals surface area contributed by atoms with E-state index in [2.05, 4.69) is 22.3 Å². The van der Waals surface area contributed by atoms with Crippen molar-refractivity contribution in [2.75, 3.05) is 19.6 Å². The van der Waals surface area contributed by atoms with Gasteiger partial charge in [0.1, 0.15) is 5.69 Å². The molecule has 0 unspecified atom stereocenters. The van der Waals surface area contributed by atoms with Crippen LogP contribution in [0.1, 0.15) is 53.8 Å². The number of benzene rings is 1. The number of carbonyl (C=O) groups excluding carboxylic acids is 2. The van der Waals surface area contributed by atoms with Gasteiger partial charge >= 0.3 is 0 Å². The van der Waals surface area contributed by atoms with E-state index in [1.807, 2.05) is 41.0 Å². The Kier molecular flexibility index (Phi) is 5.97. The first-order valence-electron chi connectivity index (χ1n) is 10.8. The smallest absolute Gasteiger partial charge is 0.274 e. The molecule has 29 heavy (non-hydrogen) atoms. The van der Waals surface area contributed by atoms with Gasteiger partial charge in [-0.1, -0.05) is 30.3 Å². The van der Waals surface area contributed by atoms with E-state index >= 15 is 0 Å². The van der Waals surface area contributed by atoms with Gasteiger partial charge in [0.25, 0.3) is 5.91 Å². The van der Waals surface area contributed by atoms with Crippen molar-refractivity contribution in [2.24, 2.45) is 5.92 Å².